The van der Waals surface area contributed by atoms with Crippen LogP contribution in [0.3, 0.4) is 0 Å². The summed E-state index contributed by atoms with van der Waals surface area (Å²) in [7, 11) is 6.43. The van der Waals surface area contributed by atoms with Gasteiger partial charge in [-0.3, -0.25) is 0 Å². The Morgan fingerprint density at radius 2 is 1.60 bits per heavy atom. The third-order valence-corrected chi connectivity index (χ3v) is 0.855. The first kappa shape index (κ1) is 12.9. The highest BCUT2D eigenvalue weighted by Gasteiger charge is 2.00. The summed E-state index contributed by atoms with van der Waals surface area (Å²) in [6.45, 7) is 3.02. The predicted octanol–water partition coefficient (Wildman–Crippen LogP) is -1.89. The Hall–Kier alpha value is 0.250. The molecule has 2 heteroatoms. The summed E-state index contributed by atoms with van der Waals surface area (Å²) < 4.78 is 0.938. The monoisotopic (exact) mass is 253 g/mol. The zero-order valence-electron chi connectivity index (χ0n) is 7.24. The van der Waals surface area contributed by atoms with Crippen molar-refractivity contribution in [2.24, 2.45) is 0 Å². The molecule has 1 nitrogen and oxygen atoms in total. The van der Waals surface area contributed by atoms with Crippen LogP contribution >= 0.6 is 0 Å². The van der Waals surface area contributed by atoms with Gasteiger partial charge in [0.1, 0.15) is 6.54 Å². The number of nitrogens with zero attached hydrogens (tertiary/aromatic N) is 1. The second-order valence-corrected chi connectivity index (χ2v) is 3.16. The van der Waals surface area contributed by atoms with Gasteiger partial charge in [0.25, 0.3) is 0 Å². The van der Waals surface area contributed by atoms with Crippen LogP contribution < -0.4 is 24.0 Å². The first-order chi connectivity index (χ1) is 4.06. The Labute approximate surface area is 81.4 Å². The summed E-state index contributed by atoms with van der Waals surface area (Å²) in [6, 6.07) is 0. The minimum Gasteiger partial charge on any atom is -1.00 e. The minimum absolute atomic E-state index is 0. The molecular formula is C8H16IN. The van der Waals surface area contributed by atoms with E-state index in [1.807, 2.05) is 0 Å². The molecule has 0 aliphatic carbocycles. The van der Waals surface area contributed by atoms with Crippen LogP contribution in [-0.4, -0.2) is 32.2 Å². The summed E-state index contributed by atoms with van der Waals surface area (Å²) in [5.41, 5.74) is 0. The van der Waals surface area contributed by atoms with Gasteiger partial charge >= 0.3 is 0 Å². The smallest absolute Gasteiger partial charge is 0.140 e. The second kappa shape index (κ2) is 5.99. The lowest BCUT2D eigenvalue weighted by atomic mass is 10.4. The Kier molecular flexibility index (Phi) is 7.72. The highest BCUT2D eigenvalue weighted by Crippen LogP contribution is 1.85. The first-order valence-electron chi connectivity index (χ1n) is 3.32. The molecule has 0 aromatic heterocycles. The van der Waals surface area contributed by atoms with Crippen molar-refractivity contribution < 1.29 is 28.5 Å². The van der Waals surface area contributed by atoms with Gasteiger partial charge in [-0.1, -0.05) is 12.8 Å². The molecule has 0 spiro atoms. The first-order valence-corrected chi connectivity index (χ1v) is 3.32. The summed E-state index contributed by atoms with van der Waals surface area (Å²) >= 11 is 0. The number of rotatable bonds is 1. The van der Waals surface area contributed by atoms with Gasteiger partial charge < -0.3 is 28.5 Å². The highest BCUT2D eigenvalue weighted by molar-refractivity contribution is 4.97. The lowest BCUT2D eigenvalue weighted by Crippen LogP contribution is -3.00. The molecule has 0 bridgehead atoms. The van der Waals surface area contributed by atoms with Crippen molar-refractivity contribution >= 4 is 0 Å². The number of hydrogen-bond acceptors (Lipinski definition) is 0. The molecule has 0 heterocycles. The van der Waals surface area contributed by atoms with Crippen LogP contribution in [0, 0.1) is 11.8 Å². The topological polar surface area (TPSA) is 0 Å². The molecule has 0 aliphatic heterocycles. The second-order valence-electron chi connectivity index (χ2n) is 3.16. The fourth-order valence-electron chi connectivity index (χ4n) is 0.418. The van der Waals surface area contributed by atoms with Crippen molar-refractivity contribution in [2.45, 2.75) is 13.3 Å². The molecule has 0 atom stereocenters. The normalized spacial score (nSPS) is 9.20. The Morgan fingerprint density at radius 1 is 1.10 bits per heavy atom. The van der Waals surface area contributed by atoms with Gasteiger partial charge in [0.15, 0.2) is 0 Å². The number of hydrogen-bond donors (Lipinski definition) is 0. The van der Waals surface area contributed by atoms with E-state index in [0.29, 0.717) is 0 Å². The maximum atomic E-state index is 3.10. The number of halogens is 1. The molecule has 0 N–H and O–H groups in total. The van der Waals surface area contributed by atoms with Gasteiger partial charge in [0, 0.05) is 6.42 Å². The van der Waals surface area contributed by atoms with Crippen molar-refractivity contribution in [3.8, 4) is 11.8 Å². The average Bonchev–Trinajstić information content (AvgIpc) is 1.63. The van der Waals surface area contributed by atoms with Crippen molar-refractivity contribution in [3.05, 3.63) is 0 Å². The van der Waals surface area contributed by atoms with Crippen LogP contribution in [0.2, 0.25) is 0 Å². The van der Waals surface area contributed by atoms with E-state index < -0.39 is 0 Å². The quantitative estimate of drug-likeness (QED) is 0.291. The van der Waals surface area contributed by atoms with E-state index in [9.17, 15) is 0 Å². The molecule has 0 unspecified atom stereocenters. The van der Waals surface area contributed by atoms with Crippen LogP contribution in [-0.2, 0) is 0 Å². The van der Waals surface area contributed by atoms with Gasteiger partial charge in [-0.25, -0.2) is 0 Å². The lowest BCUT2D eigenvalue weighted by Gasteiger charge is -2.19. The Bertz CT molecular complexity index is 124. The van der Waals surface area contributed by atoms with E-state index in [1.54, 1.807) is 0 Å². The van der Waals surface area contributed by atoms with Crippen LogP contribution in [0.25, 0.3) is 0 Å². The lowest BCUT2D eigenvalue weighted by molar-refractivity contribution is -0.862. The number of quaternary nitrogens is 1. The minimum atomic E-state index is 0. The van der Waals surface area contributed by atoms with Crippen LogP contribution in [0.1, 0.15) is 13.3 Å². The summed E-state index contributed by atoms with van der Waals surface area (Å²) in [5.74, 6) is 6.14. The standard InChI is InChI=1S/C8H16N.HI/c1-5-6-7-8-9(2,3)4;/h5,8H2,1-4H3;1H/q+1;/p-1. The van der Waals surface area contributed by atoms with Crippen LogP contribution in [0.4, 0.5) is 0 Å². The molecule has 0 aliphatic rings. The zero-order chi connectivity index (χ0) is 7.33. The molecule has 0 radical (unpaired) electrons. The molecule has 0 rings (SSSR count). The predicted molar refractivity (Wildman–Crippen MR) is 41.0 cm³/mol. The zero-order valence-corrected chi connectivity index (χ0v) is 9.40. The molecular weight excluding hydrogens is 237 g/mol. The van der Waals surface area contributed by atoms with Crippen molar-refractivity contribution in [3.63, 3.8) is 0 Å². The SMILES string of the molecule is CCC#CC[N+](C)(C)C.[I-]. The maximum Gasteiger partial charge on any atom is 0.140 e. The molecule has 0 aromatic carbocycles. The Balaban J connectivity index is 0. The van der Waals surface area contributed by atoms with E-state index in [2.05, 4.69) is 39.9 Å². The molecule has 0 saturated heterocycles. The van der Waals surface area contributed by atoms with E-state index in [-0.39, 0.29) is 24.0 Å². The van der Waals surface area contributed by atoms with Crippen molar-refractivity contribution in [2.75, 3.05) is 27.7 Å². The van der Waals surface area contributed by atoms with Crippen molar-refractivity contribution in [1.82, 2.24) is 0 Å². The largest absolute Gasteiger partial charge is 1.00 e. The van der Waals surface area contributed by atoms with E-state index in [4.69, 9.17) is 0 Å². The van der Waals surface area contributed by atoms with Gasteiger partial charge in [-0.15, -0.1) is 0 Å². The van der Waals surface area contributed by atoms with E-state index in [1.165, 1.54) is 0 Å². The Morgan fingerprint density at radius 3 is 1.90 bits per heavy atom. The third kappa shape index (κ3) is 11.1. The third-order valence-electron chi connectivity index (χ3n) is 0.855. The molecule has 0 aromatic rings. The van der Waals surface area contributed by atoms with Crippen molar-refractivity contribution in [1.29, 1.82) is 0 Å². The van der Waals surface area contributed by atoms with E-state index in [0.717, 1.165) is 17.4 Å². The molecule has 0 amide bonds. The van der Waals surface area contributed by atoms with Gasteiger partial charge in [0.05, 0.1) is 21.1 Å². The fraction of sp³-hybridized carbons (Fsp3) is 0.750. The molecule has 60 valence electrons. The molecule has 0 fully saturated rings. The van der Waals surface area contributed by atoms with Gasteiger partial charge in [-0.05, 0) is 5.92 Å². The van der Waals surface area contributed by atoms with Crippen LogP contribution in [0.5, 0.6) is 0 Å². The van der Waals surface area contributed by atoms with E-state index >= 15 is 0 Å². The van der Waals surface area contributed by atoms with Gasteiger partial charge in [0.2, 0.25) is 0 Å². The maximum absolute atomic E-state index is 3.10. The highest BCUT2D eigenvalue weighted by atomic mass is 127. The molecule has 0 saturated carbocycles. The van der Waals surface area contributed by atoms with Crippen LogP contribution in [0.15, 0.2) is 0 Å². The molecule has 10 heavy (non-hydrogen) atoms. The van der Waals surface area contributed by atoms with Gasteiger partial charge in [-0.2, -0.15) is 0 Å². The average molecular weight is 253 g/mol. The summed E-state index contributed by atoms with van der Waals surface area (Å²) in [5, 5.41) is 0. The summed E-state index contributed by atoms with van der Waals surface area (Å²) in [6.07, 6.45) is 0.972. The summed E-state index contributed by atoms with van der Waals surface area (Å²) in [4.78, 5) is 0. The fourth-order valence-corrected chi connectivity index (χ4v) is 0.418.